The standard InChI is InChI=1S/C17H25N5OS/c1-12(15-11-24-13(2)20-15)19-17(23)22-7-4-5-14(10-22)9-16-18-6-8-21(16)3/h6,8,11-12,14H,4-5,7,9-10H2,1-3H3,(H,19,23)/t12-,14-/m1/s1. The van der Waals surface area contributed by atoms with Crippen LogP contribution in [-0.4, -0.2) is 38.6 Å². The van der Waals surface area contributed by atoms with E-state index >= 15 is 0 Å². The average Bonchev–Trinajstić information content (AvgIpc) is 3.17. The summed E-state index contributed by atoms with van der Waals surface area (Å²) in [6, 6.07) is -0.0462. The zero-order valence-electron chi connectivity index (χ0n) is 14.5. The van der Waals surface area contributed by atoms with Crippen molar-refractivity contribution in [3.05, 3.63) is 34.3 Å². The lowest BCUT2D eigenvalue weighted by molar-refractivity contribution is 0.161. The predicted octanol–water partition coefficient (Wildman–Crippen LogP) is 2.91. The monoisotopic (exact) mass is 347 g/mol. The van der Waals surface area contributed by atoms with Gasteiger partial charge in [0.1, 0.15) is 5.82 Å². The van der Waals surface area contributed by atoms with E-state index in [2.05, 4.69) is 19.9 Å². The second-order valence-corrected chi connectivity index (χ2v) is 7.64. The highest BCUT2D eigenvalue weighted by Crippen LogP contribution is 2.21. The van der Waals surface area contributed by atoms with Crippen molar-refractivity contribution >= 4 is 17.4 Å². The van der Waals surface area contributed by atoms with E-state index in [1.54, 1.807) is 11.3 Å². The molecule has 1 N–H and O–H groups in total. The molecule has 3 rings (SSSR count). The van der Waals surface area contributed by atoms with Crippen molar-refractivity contribution < 1.29 is 4.79 Å². The van der Waals surface area contributed by atoms with Gasteiger partial charge in [0.15, 0.2) is 0 Å². The molecule has 1 saturated heterocycles. The van der Waals surface area contributed by atoms with Crippen LogP contribution >= 0.6 is 11.3 Å². The number of thiazole rings is 1. The summed E-state index contributed by atoms with van der Waals surface area (Å²) in [6.45, 7) is 5.59. The summed E-state index contributed by atoms with van der Waals surface area (Å²) in [7, 11) is 2.02. The highest BCUT2D eigenvalue weighted by atomic mass is 32.1. The normalized spacial score (nSPS) is 19.3. The predicted molar refractivity (Wildman–Crippen MR) is 95.0 cm³/mol. The number of urea groups is 1. The first kappa shape index (κ1) is 17.0. The molecule has 0 spiro atoms. The number of piperidine rings is 1. The topological polar surface area (TPSA) is 63.1 Å². The third-order valence-electron chi connectivity index (χ3n) is 4.62. The summed E-state index contributed by atoms with van der Waals surface area (Å²) in [5.41, 5.74) is 0.937. The van der Waals surface area contributed by atoms with Crippen LogP contribution in [0.25, 0.3) is 0 Å². The molecule has 130 valence electrons. The van der Waals surface area contributed by atoms with Crippen LogP contribution in [0, 0.1) is 12.8 Å². The van der Waals surface area contributed by atoms with Crippen molar-refractivity contribution in [1.82, 2.24) is 24.8 Å². The lowest BCUT2D eigenvalue weighted by atomic mass is 9.94. The molecule has 1 aliphatic rings. The third kappa shape index (κ3) is 3.95. The second-order valence-electron chi connectivity index (χ2n) is 6.58. The number of amides is 2. The molecule has 0 aliphatic carbocycles. The Morgan fingerprint density at radius 2 is 2.38 bits per heavy atom. The Kier molecular flexibility index (Phi) is 5.18. The SMILES string of the molecule is Cc1nc([C@@H](C)NC(=O)N2CCC[C@H](Cc3nccn3C)C2)cs1. The maximum atomic E-state index is 12.6. The van der Waals surface area contributed by atoms with Crippen LogP contribution < -0.4 is 5.32 Å². The Morgan fingerprint density at radius 3 is 3.04 bits per heavy atom. The number of aryl methyl sites for hydroxylation is 2. The smallest absolute Gasteiger partial charge is 0.317 e. The van der Waals surface area contributed by atoms with Gasteiger partial charge >= 0.3 is 6.03 Å². The van der Waals surface area contributed by atoms with Crippen LogP contribution in [0.4, 0.5) is 4.79 Å². The Labute approximate surface area is 146 Å². The van der Waals surface area contributed by atoms with E-state index in [9.17, 15) is 4.79 Å². The number of hydrogen-bond acceptors (Lipinski definition) is 4. The Balaban J connectivity index is 1.55. The van der Waals surface area contributed by atoms with Gasteiger partial charge in [0.05, 0.1) is 16.7 Å². The summed E-state index contributed by atoms with van der Waals surface area (Å²) >= 11 is 1.61. The molecule has 0 saturated carbocycles. The van der Waals surface area contributed by atoms with Crippen LogP contribution in [0.1, 0.15) is 42.3 Å². The molecule has 3 heterocycles. The van der Waals surface area contributed by atoms with Crippen molar-refractivity contribution in [2.45, 2.75) is 39.2 Å². The largest absolute Gasteiger partial charge is 0.338 e. The third-order valence-corrected chi connectivity index (χ3v) is 5.41. The zero-order valence-corrected chi connectivity index (χ0v) is 15.3. The minimum absolute atomic E-state index is 0.0118. The van der Waals surface area contributed by atoms with Crippen molar-refractivity contribution in [2.24, 2.45) is 13.0 Å². The molecule has 2 atom stereocenters. The molecule has 0 aromatic carbocycles. The van der Waals surface area contributed by atoms with Gasteiger partial charge in [-0.25, -0.2) is 14.8 Å². The molecule has 0 bridgehead atoms. The molecule has 1 aliphatic heterocycles. The summed E-state index contributed by atoms with van der Waals surface area (Å²) in [6.07, 6.45) is 6.93. The van der Waals surface area contributed by atoms with Gasteiger partial charge in [0.25, 0.3) is 0 Å². The van der Waals surface area contributed by atoms with E-state index in [-0.39, 0.29) is 12.1 Å². The highest BCUT2D eigenvalue weighted by Gasteiger charge is 2.26. The van der Waals surface area contributed by atoms with Gasteiger partial charge in [0, 0.05) is 44.3 Å². The number of aromatic nitrogens is 3. The number of nitrogens with one attached hydrogen (secondary N) is 1. The van der Waals surface area contributed by atoms with Crippen LogP contribution in [0.5, 0.6) is 0 Å². The fourth-order valence-corrected chi connectivity index (χ4v) is 3.90. The number of likely N-dealkylation sites (tertiary alicyclic amines) is 1. The minimum Gasteiger partial charge on any atom is -0.338 e. The first-order valence-corrected chi connectivity index (χ1v) is 9.34. The average molecular weight is 347 g/mol. The molecule has 2 aromatic heterocycles. The lowest BCUT2D eigenvalue weighted by Gasteiger charge is -2.33. The number of carbonyl (C=O) groups is 1. The quantitative estimate of drug-likeness (QED) is 0.925. The molecular formula is C17H25N5OS. The first-order valence-electron chi connectivity index (χ1n) is 8.46. The first-order chi connectivity index (χ1) is 11.5. The molecule has 6 nitrogen and oxygen atoms in total. The Morgan fingerprint density at radius 1 is 1.54 bits per heavy atom. The molecule has 2 amide bonds. The highest BCUT2D eigenvalue weighted by molar-refractivity contribution is 7.09. The van der Waals surface area contributed by atoms with Crippen LogP contribution in [-0.2, 0) is 13.5 Å². The summed E-state index contributed by atoms with van der Waals surface area (Å²) in [4.78, 5) is 23.4. The number of nitrogens with zero attached hydrogens (tertiary/aromatic N) is 4. The van der Waals surface area contributed by atoms with Gasteiger partial charge in [-0.05, 0) is 32.6 Å². The maximum absolute atomic E-state index is 12.6. The van der Waals surface area contributed by atoms with E-state index in [0.717, 1.165) is 48.9 Å². The van der Waals surface area contributed by atoms with Crippen molar-refractivity contribution in [1.29, 1.82) is 0 Å². The fourth-order valence-electron chi connectivity index (χ4n) is 3.20. The van der Waals surface area contributed by atoms with Crippen LogP contribution in [0.2, 0.25) is 0 Å². The molecule has 0 radical (unpaired) electrons. The van der Waals surface area contributed by atoms with Crippen molar-refractivity contribution in [3.63, 3.8) is 0 Å². The van der Waals surface area contributed by atoms with E-state index < -0.39 is 0 Å². The molecule has 7 heteroatoms. The summed E-state index contributed by atoms with van der Waals surface area (Å²) in [5, 5.41) is 6.12. The van der Waals surface area contributed by atoms with E-state index in [1.807, 2.05) is 43.6 Å². The molecule has 1 fully saturated rings. The van der Waals surface area contributed by atoms with Crippen LogP contribution in [0.15, 0.2) is 17.8 Å². The Hall–Kier alpha value is -1.89. The number of carbonyl (C=O) groups excluding carboxylic acids is 1. The zero-order chi connectivity index (χ0) is 17.1. The van der Waals surface area contributed by atoms with Gasteiger partial charge in [-0.2, -0.15) is 0 Å². The number of imidazole rings is 1. The van der Waals surface area contributed by atoms with Gasteiger partial charge < -0.3 is 14.8 Å². The summed E-state index contributed by atoms with van der Waals surface area (Å²) < 4.78 is 2.06. The van der Waals surface area contributed by atoms with Gasteiger partial charge in [-0.15, -0.1) is 11.3 Å². The van der Waals surface area contributed by atoms with Gasteiger partial charge in [-0.1, -0.05) is 0 Å². The summed E-state index contributed by atoms with van der Waals surface area (Å²) in [5.74, 6) is 1.57. The number of rotatable bonds is 4. The van der Waals surface area contributed by atoms with E-state index in [0.29, 0.717) is 5.92 Å². The van der Waals surface area contributed by atoms with E-state index in [1.165, 1.54) is 0 Å². The van der Waals surface area contributed by atoms with Crippen molar-refractivity contribution in [2.75, 3.05) is 13.1 Å². The second kappa shape index (κ2) is 7.34. The van der Waals surface area contributed by atoms with Gasteiger partial charge in [0.2, 0.25) is 0 Å². The number of hydrogen-bond donors (Lipinski definition) is 1. The maximum Gasteiger partial charge on any atom is 0.317 e. The lowest BCUT2D eigenvalue weighted by Crippen LogP contribution is -2.46. The van der Waals surface area contributed by atoms with E-state index in [4.69, 9.17) is 0 Å². The molecule has 24 heavy (non-hydrogen) atoms. The van der Waals surface area contributed by atoms with Crippen molar-refractivity contribution in [3.8, 4) is 0 Å². The van der Waals surface area contributed by atoms with Crippen LogP contribution in [0.3, 0.4) is 0 Å². The Bertz CT molecular complexity index is 695. The van der Waals surface area contributed by atoms with Gasteiger partial charge in [-0.3, -0.25) is 0 Å². The minimum atomic E-state index is -0.0580. The molecular weight excluding hydrogens is 322 g/mol. The molecule has 0 unspecified atom stereocenters. The fraction of sp³-hybridized carbons (Fsp3) is 0.588. The molecule has 2 aromatic rings.